The number of carbonyl (C=O) groups excluding carboxylic acids is 1. The Labute approximate surface area is 131 Å². The number of hydrogen-bond donors (Lipinski definition) is 0. The van der Waals surface area contributed by atoms with Crippen LogP contribution < -0.4 is 0 Å². The molecule has 0 aromatic rings. The molecule has 0 unspecified atom stereocenters. The van der Waals surface area contributed by atoms with Crippen LogP contribution in [0.3, 0.4) is 0 Å². The summed E-state index contributed by atoms with van der Waals surface area (Å²) in [6.07, 6.45) is 6.81. The van der Waals surface area contributed by atoms with Crippen molar-refractivity contribution in [1.29, 1.82) is 0 Å². The van der Waals surface area contributed by atoms with E-state index in [2.05, 4.69) is 6.08 Å². The lowest BCUT2D eigenvalue weighted by molar-refractivity contribution is -0.111. The molecule has 0 saturated carbocycles. The molecule has 3 rings (SSSR count). The number of ether oxygens (including phenoxy) is 1. The van der Waals surface area contributed by atoms with Gasteiger partial charge in [0.25, 0.3) is 0 Å². The lowest BCUT2D eigenvalue weighted by Crippen LogP contribution is -2.41. The highest BCUT2D eigenvalue weighted by Gasteiger charge is 2.57. The van der Waals surface area contributed by atoms with Crippen LogP contribution in [0.4, 0.5) is 0 Å². The van der Waals surface area contributed by atoms with Crippen LogP contribution in [0.2, 0.25) is 0 Å². The summed E-state index contributed by atoms with van der Waals surface area (Å²) in [4.78, 5) is 11.8. The van der Waals surface area contributed by atoms with Crippen molar-refractivity contribution < 1.29 is 9.53 Å². The predicted octanol–water partition coefficient (Wildman–Crippen LogP) is 4.44. The first-order valence-electron chi connectivity index (χ1n) is 5.99. The molecule has 1 fully saturated rings. The van der Waals surface area contributed by atoms with Gasteiger partial charge in [0.2, 0.25) is 5.78 Å². The second-order valence-corrected chi connectivity index (χ2v) is 6.42. The Balaban J connectivity index is 2.20. The molecule has 0 amide bonds. The number of Topliss-reactive ketones (excluding diaryl/α,β-unsaturated/α-hetero) is 1. The number of allylic oxidation sites excluding steroid dienone is 3. The minimum atomic E-state index is -1.08. The third kappa shape index (κ3) is 1.85. The largest absolute Gasteiger partial charge is 0.360 e. The van der Waals surface area contributed by atoms with Crippen molar-refractivity contribution >= 4 is 52.2 Å². The molecule has 6 heteroatoms. The van der Waals surface area contributed by atoms with Gasteiger partial charge in [-0.05, 0) is 19.3 Å². The second kappa shape index (κ2) is 4.78. The highest BCUT2D eigenvalue weighted by Crippen LogP contribution is 2.56. The Hall–Kier alpha value is 0.01000. The van der Waals surface area contributed by atoms with Gasteiger partial charge < -0.3 is 4.74 Å². The molecule has 1 heterocycles. The zero-order valence-corrected chi connectivity index (χ0v) is 12.8. The molecule has 19 heavy (non-hydrogen) atoms. The normalized spacial score (nSPS) is 33.4. The molecule has 1 spiro atoms. The van der Waals surface area contributed by atoms with Gasteiger partial charge in [0.05, 0.1) is 16.2 Å². The zero-order valence-electron chi connectivity index (χ0n) is 9.76. The van der Waals surface area contributed by atoms with Crippen molar-refractivity contribution in [2.75, 3.05) is 0 Å². The molecule has 102 valence electrons. The van der Waals surface area contributed by atoms with E-state index in [1.165, 1.54) is 0 Å². The molecule has 0 N–H and O–H groups in total. The van der Waals surface area contributed by atoms with Gasteiger partial charge in [-0.2, -0.15) is 0 Å². The maximum Gasteiger partial charge on any atom is 0.218 e. The molecule has 2 bridgehead atoms. The van der Waals surface area contributed by atoms with Crippen molar-refractivity contribution in [3.63, 3.8) is 0 Å². The summed E-state index contributed by atoms with van der Waals surface area (Å²) < 4.78 is 6.06. The third-order valence-electron chi connectivity index (χ3n) is 3.85. The average Bonchev–Trinajstić information content (AvgIpc) is 2.58. The summed E-state index contributed by atoms with van der Waals surface area (Å²) in [7, 11) is 0. The van der Waals surface area contributed by atoms with Gasteiger partial charge in [0.15, 0.2) is 0 Å². The smallest absolute Gasteiger partial charge is 0.218 e. The van der Waals surface area contributed by atoms with Crippen LogP contribution in [0.1, 0.15) is 19.3 Å². The van der Waals surface area contributed by atoms with Crippen molar-refractivity contribution in [3.8, 4) is 0 Å². The van der Waals surface area contributed by atoms with E-state index in [0.29, 0.717) is 0 Å². The summed E-state index contributed by atoms with van der Waals surface area (Å²) in [5.74, 6) is -0.591. The lowest BCUT2D eigenvalue weighted by atomic mass is 9.82. The average molecular weight is 340 g/mol. The van der Waals surface area contributed by atoms with E-state index in [1.807, 2.05) is 6.08 Å². The number of rotatable bonds is 0. The summed E-state index contributed by atoms with van der Waals surface area (Å²) in [5, 5.41) is 0.0895. The molecule has 2 nitrogen and oxygen atoms in total. The van der Waals surface area contributed by atoms with Gasteiger partial charge in [0, 0.05) is 5.92 Å². The van der Waals surface area contributed by atoms with Gasteiger partial charge >= 0.3 is 0 Å². The van der Waals surface area contributed by atoms with Crippen LogP contribution >= 0.6 is 46.4 Å². The van der Waals surface area contributed by atoms with Crippen LogP contribution in [-0.2, 0) is 9.53 Å². The molecule has 2 aliphatic carbocycles. The van der Waals surface area contributed by atoms with Crippen LogP contribution in [0.15, 0.2) is 32.3 Å². The van der Waals surface area contributed by atoms with Crippen LogP contribution in [0, 0.1) is 5.92 Å². The number of carbonyl (C=O) groups is 1. The summed E-state index contributed by atoms with van der Waals surface area (Å²) in [6.45, 7) is 0. The van der Waals surface area contributed by atoms with Crippen molar-refractivity contribution in [2.45, 2.75) is 31.0 Å². The van der Waals surface area contributed by atoms with E-state index in [0.717, 1.165) is 19.3 Å². The Morgan fingerprint density at radius 3 is 2.42 bits per heavy atom. The molecule has 2 atom stereocenters. The molecular weight excluding hydrogens is 330 g/mol. The van der Waals surface area contributed by atoms with E-state index in [-0.39, 0.29) is 32.2 Å². The van der Waals surface area contributed by atoms with Crippen LogP contribution in [0.25, 0.3) is 0 Å². The standard InChI is InChI=1S/C13H10Cl4O2/c14-8-10(18)9(15)12(17)13(11(8)16)6-3-1-2-4-7(5-6)19-13/h1,3,6-7H,2,4-5H2/t6-,7+/m1/s1. The van der Waals surface area contributed by atoms with Crippen molar-refractivity contribution in [2.24, 2.45) is 5.92 Å². The van der Waals surface area contributed by atoms with Gasteiger partial charge in [-0.25, -0.2) is 0 Å². The van der Waals surface area contributed by atoms with Crippen molar-refractivity contribution in [3.05, 3.63) is 32.3 Å². The third-order valence-corrected chi connectivity index (χ3v) is 5.71. The molecule has 3 aliphatic rings. The predicted molar refractivity (Wildman–Crippen MR) is 76.6 cm³/mol. The Kier molecular flexibility index (Phi) is 3.52. The SMILES string of the molecule is O=C1C(Cl)=C(Cl)C2(O[C@H]3CCC=C[C@@H]2C3)C(Cl)=C1Cl. The number of fused-ring (bicyclic) bond motifs is 3. The highest BCUT2D eigenvalue weighted by molar-refractivity contribution is 6.61. The summed E-state index contributed by atoms with van der Waals surface area (Å²) in [5.41, 5.74) is -1.08. The van der Waals surface area contributed by atoms with Gasteiger partial charge in [-0.3, -0.25) is 4.79 Å². The molecular formula is C13H10Cl4O2. The van der Waals surface area contributed by atoms with Gasteiger partial charge in [-0.1, -0.05) is 58.6 Å². The molecule has 1 saturated heterocycles. The fourth-order valence-electron chi connectivity index (χ4n) is 2.93. The van der Waals surface area contributed by atoms with E-state index in [9.17, 15) is 4.79 Å². The summed E-state index contributed by atoms with van der Waals surface area (Å²) >= 11 is 24.6. The zero-order chi connectivity index (χ0) is 13.8. The van der Waals surface area contributed by atoms with E-state index < -0.39 is 11.4 Å². The van der Waals surface area contributed by atoms with Gasteiger partial charge in [-0.15, -0.1) is 0 Å². The Morgan fingerprint density at radius 2 is 1.79 bits per heavy atom. The van der Waals surface area contributed by atoms with Crippen molar-refractivity contribution in [1.82, 2.24) is 0 Å². The molecule has 0 aromatic carbocycles. The second-order valence-electron chi connectivity index (χ2n) is 4.91. The minimum Gasteiger partial charge on any atom is -0.360 e. The van der Waals surface area contributed by atoms with Gasteiger partial charge in [0.1, 0.15) is 15.7 Å². The maximum absolute atomic E-state index is 11.8. The number of halogens is 4. The Morgan fingerprint density at radius 1 is 1.16 bits per heavy atom. The monoisotopic (exact) mass is 338 g/mol. The maximum atomic E-state index is 11.8. The quantitative estimate of drug-likeness (QED) is 0.610. The topological polar surface area (TPSA) is 26.3 Å². The molecule has 0 aromatic heterocycles. The number of ketones is 1. The number of hydrogen-bond acceptors (Lipinski definition) is 2. The lowest BCUT2D eigenvalue weighted by Gasteiger charge is -2.36. The molecule has 0 radical (unpaired) electrons. The first kappa shape index (κ1) is 14.0. The minimum absolute atomic E-state index is 0.0457. The first-order chi connectivity index (χ1) is 8.98. The van der Waals surface area contributed by atoms with Crippen LogP contribution in [0.5, 0.6) is 0 Å². The van der Waals surface area contributed by atoms with E-state index >= 15 is 0 Å². The highest BCUT2D eigenvalue weighted by atomic mass is 35.5. The summed E-state index contributed by atoms with van der Waals surface area (Å²) in [6, 6.07) is 0. The molecule has 1 aliphatic heterocycles. The Bertz CT molecular complexity index is 519. The van der Waals surface area contributed by atoms with E-state index in [1.54, 1.807) is 0 Å². The fourth-order valence-corrected chi connectivity index (χ4v) is 4.22. The van der Waals surface area contributed by atoms with E-state index in [4.69, 9.17) is 51.1 Å². The van der Waals surface area contributed by atoms with Crippen LogP contribution in [-0.4, -0.2) is 17.5 Å². The first-order valence-corrected chi connectivity index (χ1v) is 7.50. The fraction of sp³-hybridized carbons (Fsp3) is 0.462.